The minimum absolute atomic E-state index is 0.123. The van der Waals surface area contributed by atoms with Crippen molar-refractivity contribution in [2.24, 2.45) is 67.4 Å². The topological polar surface area (TPSA) is 65.2 Å². The molecule has 4 nitrogen and oxygen atoms in total. The van der Waals surface area contributed by atoms with Crippen LogP contribution in [0.15, 0.2) is 33.5 Å². The minimum atomic E-state index is -0.123. The number of aliphatic hydroxyl groups excluding tert-OH is 2. The van der Waals surface area contributed by atoms with Gasteiger partial charge in [0.25, 0.3) is 0 Å². The normalized spacial score (nSPS) is 55.1. The summed E-state index contributed by atoms with van der Waals surface area (Å²) in [5.41, 5.74) is 7.00. The molecular formula is C38H56N2O2. The van der Waals surface area contributed by atoms with Crippen LogP contribution in [0, 0.1) is 57.2 Å². The molecule has 0 unspecified atom stereocenters. The lowest BCUT2D eigenvalue weighted by Gasteiger charge is -2.57. The Kier molecular flexibility index (Phi) is 6.47. The van der Waals surface area contributed by atoms with Crippen LogP contribution in [0.3, 0.4) is 0 Å². The van der Waals surface area contributed by atoms with Crippen molar-refractivity contribution in [1.29, 1.82) is 0 Å². The number of hydrogen-bond acceptors (Lipinski definition) is 4. The summed E-state index contributed by atoms with van der Waals surface area (Å²) >= 11 is 0. The van der Waals surface area contributed by atoms with E-state index in [9.17, 15) is 10.2 Å². The number of allylic oxidation sites excluding steroid dienone is 2. The van der Waals surface area contributed by atoms with E-state index in [1.807, 2.05) is 0 Å². The lowest BCUT2D eigenvalue weighted by Crippen LogP contribution is -2.50. The highest BCUT2D eigenvalue weighted by Gasteiger charge is 2.59. The molecule has 0 aromatic carbocycles. The zero-order valence-corrected chi connectivity index (χ0v) is 26.9. The maximum atomic E-state index is 10.4. The van der Waals surface area contributed by atoms with E-state index in [4.69, 9.17) is 10.2 Å². The Bertz CT molecular complexity index is 1170. The van der Waals surface area contributed by atoms with Gasteiger partial charge in [-0.2, -0.15) is 10.2 Å². The van der Waals surface area contributed by atoms with Gasteiger partial charge in [-0.05, 0) is 149 Å². The van der Waals surface area contributed by atoms with Crippen LogP contribution in [0.1, 0.15) is 130 Å². The van der Waals surface area contributed by atoms with E-state index < -0.39 is 0 Å². The largest absolute Gasteiger partial charge is 0.393 e. The van der Waals surface area contributed by atoms with Gasteiger partial charge in [0.2, 0.25) is 0 Å². The van der Waals surface area contributed by atoms with Crippen LogP contribution in [0.4, 0.5) is 0 Å². The zero-order chi connectivity index (χ0) is 29.1. The molecule has 0 aromatic rings. The van der Waals surface area contributed by atoms with E-state index in [-0.39, 0.29) is 23.0 Å². The molecule has 2 N–H and O–H groups in total. The van der Waals surface area contributed by atoms with Gasteiger partial charge in [-0.15, -0.1) is 0 Å². The molecule has 230 valence electrons. The quantitative estimate of drug-likeness (QED) is 0.245. The van der Waals surface area contributed by atoms with Gasteiger partial charge in [0.1, 0.15) is 0 Å². The van der Waals surface area contributed by atoms with Crippen LogP contribution < -0.4 is 0 Å². The maximum Gasteiger partial charge on any atom is 0.0577 e. The van der Waals surface area contributed by atoms with Gasteiger partial charge in [0, 0.05) is 22.3 Å². The second-order valence-corrected chi connectivity index (χ2v) is 17.4. The summed E-state index contributed by atoms with van der Waals surface area (Å²) in [5.74, 6) is 4.55. The number of aliphatic hydroxyl groups is 2. The van der Waals surface area contributed by atoms with Crippen molar-refractivity contribution < 1.29 is 10.2 Å². The highest BCUT2D eigenvalue weighted by atomic mass is 16.3. The van der Waals surface area contributed by atoms with Crippen LogP contribution in [0.2, 0.25) is 0 Å². The maximum absolute atomic E-state index is 10.4. The summed E-state index contributed by atoms with van der Waals surface area (Å²) in [5, 5.41) is 31.2. The van der Waals surface area contributed by atoms with E-state index in [1.165, 1.54) is 75.6 Å². The Morgan fingerprint density at radius 3 is 1.36 bits per heavy atom. The van der Waals surface area contributed by atoms with Crippen molar-refractivity contribution in [1.82, 2.24) is 0 Å². The van der Waals surface area contributed by atoms with Gasteiger partial charge >= 0.3 is 0 Å². The molecule has 0 radical (unpaired) electrons. The molecule has 0 amide bonds. The lowest BCUT2D eigenvalue weighted by atomic mass is 9.48. The van der Waals surface area contributed by atoms with Crippen molar-refractivity contribution in [3.05, 3.63) is 23.3 Å². The van der Waals surface area contributed by atoms with Gasteiger partial charge < -0.3 is 10.2 Å². The molecule has 0 aliphatic heterocycles. The van der Waals surface area contributed by atoms with Crippen molar-refractivity contribution in [2.75, 3.05) is 0 Å². The molecule has 42 heavy (non-hydrogen) atoms. The van der Waals surface area contributed by atoms with E-state index >= 15 is 0 Å². The van der Waals surface area contributed by atoms with E-state index in [0.29, 0.717) is 10.8 Å². The van der Waals surface area contributed by atoms with Gasteiger partial charge in [-0.3, -0.25) is 0 Å². The zero-order valence-electron chi connectivity index (χ0n) is 26.9. The summed E-state index contributed by atoms with van der Waals surface area (Å²) in [6, 6.07) is 0. The first-order valence-electron chi connectivity index (χ1n) is 18.0. The van der Waals surface area contributed by atoms with Crippen LogP contribution in [-0.2, 0) is 0 Å². The average molecular weight is 573 g/mol. The summed E-state index contributed by atoms with van der Waals surface area (Å²) in [4.78, 5) is 0. The monoisotopic (exact) mass is 572 g/mol. The molecule has 6 saturated carbocycles. The van der Waals surface area contributed by atoms with Gasteiger partial charge in [-0.25, -0.2) is 0 Å². The minimum Gasteiger partial charge on any atom is -0.393 e. The number of nitrogens with zero attached hydrogens (tertiary/aromatic N) is 2. The molecule has 4 heteroatoms. The highest BCUT2D eigenvalue weighted by molar-refractivity contribution is 5.95. The number of fused-ring (bicyclic) bond motifs is 10. The molecule has 0 spiro atoms. The molecule has 8 aliphatic carbocycles. The van der Waals surface area contributed by atoms with Crippen molar-refractivity contribution in [3.8, 4) is 0 Å². The van der Waals surface area contributed by atoms with Gasteiger partial charge in [-0.1, -0.05) is 51.0 Å². The van der Waals surface area contributed by atoms with Crippen LogP contribution in [0.25, 0.3) is 0 Å². The highest BCUT2D eigenvalue weighted by Crippen LogP contribution is 2.66. The first-order chi connectivity index (χ1) is 20.1. The Morgan fingerprint density at radius 2 is 0.929 bits per heavy atom. The van der Waals surface area contributed by atoms with Gasteiger partial charge in [0.15, 0.2) is 0 Å². The SMILES string of the molecule is C[C@]12CC[C@H](O)CC1=CC[C@H]1[C@H]2CC[C@]2(C)/C(=N\N=C3\CC[C@@H]4[C@@H]5CC=C6C[C@@H](O)CC[C@@]6(C)[C@@H]5CC[C@]34C)CC[C@H]12. The molecule has 6 fully saturated rings. The summed E-state index contributed by atoms with van der Waals surface area (Å²) in [7, 11) is 0. The first-order valence-corrected chi connectivity index (χ1v) is 18.0. The molecule has 0 heterocycles. The van der Waals surface area contributed by atoms with Crippen LogP contribution >= 0.6 is 0 Å². The molecule has 0 aromatic heterocycles. The van der Waals surface area contributed by atoms with Crippen molar-refractivity contribution >= 4 is 11.4 Å². The Labute approximate surface area is 254 Å². The molecular weight excluding hydrogens is 516 g/mol. The smallest absolute Gasteiger partial charge is 0.0577 e. The summed E-state index contributed by atoms with van der Waals surface area (Å²) in [6.07, 6.45) is 23.4. The summed E-state index contributed by atoms with van der Waals surface area (Å²) in [6.45, 7) is 10.2. The molecule has 12 atom stereocenters. The summed E-state index contributed by atoms with van der Waals surface area (Å²) < 4.78 is 0. The third-order valence-electron chi connectivity index (χ3n) is 15.9. The fraction of sp³-hybridized carbons (Fsp3) is 0.842. The van der Waals surface area contributed by atoms with E-state index in [2.05, 4.69) is 39.8 Å². The molecule has 8 aliphatic rings. The second-order valence-electron chi connectivity index (χ2n) is 17.4. The van der Waals surface area contributed by atoms with Crippen molar-refractivity contribution in [3.63, 3.8) is 0 Å². The second kappa shape index (κ2) is 9.62. The molecule has 0 bridgehead atoms. The Balaban J connectivity index is 1.03. The predicted octanol–water partition coefficient (Wildman–Crippen LogP) is 8.43. The Hall–Kier alpha value is -1.26. The third-order valence-corrected chi connectivity index (χ3v) is 15.9. The number of rotatable bonds is 1. The molecule has 0 saturated heterocycles. The standard InChI is InChI=1S/C38H56N2O2/c1-35-17-13-25(41)21-23(35)5-7-27-29-9-11-33(37(29,3)19-15-31(27)35)39-40-34-12-10-30-28-8-6-24-22-26(42)14-18-36(24,2)32(28)16-20-38(30,34)4/h5-6,25-32,41-42H,7-22H2,1-4H3/b39-33-,40-34-/t25-,26-,27-,28+,29+,30+,31+,32+,35+,36-,37-,38-/m0/s1. The van der Waals surface area contributed by atoms with Crippen LogP contribution in [-0.4, -0.2) is 33.8 Å². The van der Waals surface area contributed by atoms with Gasteiger partial charge in [0.05, 0.1) is 12.2 Å². The Morgan fingerprint density at radius 1 is 0.548 bits per heavy atom. The third kappa shape index (κ3) is 3.85. The van der Waals surface area contributed by atoms with E-state index in [1.54, 1.807) is 11.1 Å². The predicted molar refractivity (Wildman–Crippen MR) is 170 cm³/mol. The fourth-order valence-corrected chi connectivity index (χ4v) is 13.3. The number of hydrogen-bond donors (Lipinski definition) is 2. The lowest BCUT2D eigenvalue weighted by molar-refractivity contribution is -0.0212. The fourth-order valence-electron chi connectivity index (χ4n) is 13.3. The average Bonchev–Trinajstić information content (AvgIpc) is 3.48. The van der Waals surface area contributed by atoms with Crippen LogP contribution in [0.5, 0.6) is 0 Å². The molecule has 8 rings (SSSR count). The first kappa shape index (κ1) is 28.2. The van der Waals surface area contributed by atoms with E-state index in [0.717, 1.165) is 74.0 Å². The van der Waals surface area contributed by atoms with Crippen molar-refractivity contribution in [2.45, 2.75) is 143 Å².